The van der Waals surface area contributed by atoms with Crippen molar-refractivity contribution < 1.29 is 17.6 Å². The molecule has 1 saturated carbocycles. The Hall–Kier alpha value is -2.72. The molecule has 0 unspecified atom stereocenters. The van der Waals surface area contributed by atoms with Crippen LogP contribution in [0.1, 0.15) is 62.1 Å². The largest absolute Gasteiger partial charge is 0.417 e. The van der Waals surface area contributed by atoms with E-state index in [9.17, 15) is 18.0 Å². The van der Waals surface area contributed by atoms with Crippen LogP contribution in [0.3, 0.4) is 0 Å². The van der Waals surface area contributed by atoms with Crippen LogP contribution in [0.5, 0.6) is 0 Å². The van der Waals surface area contributed by atoms with Crippen molar-refractivity contribution in [3.63, 3.8) is 0 Å². The van der Waals surface area contributed by atoms with E-state index in [0.29, 0.717) is 41.0 Å². The maximum atomic E-state index is 13.1. The lowest BCUT2D eigenvalue weighted by Crippen LogP contribution is -2.50. The van der Waals surface area contributed by atoms with Crippen LogP contribution in [0.25, 0.3) is 17.2 Å². The van der Waals surface area contributed by atoms with Gasteiger partial charge in [-0.1, -0.05) is 19.8 Å². The summed E-state index contributed by atoms with van der Waals surface area (Å²) in [6.07, 6.45) is 6.67. The molecule has 2 N–H and O–H groups in total. The van der Waals surface area contributed by atoms with E-state index in [4.69, 9.17) is 9.41 Å². The molecule has 2 aromatic rings. The molecule has 9 nitrogen and oxygen atoms in total. The quantitative estimate of drug-likeness (QED) is 0.667. The minimum absolute atomic E-state index is 0.0914. The Morgan fingerprint density at radius 1 is 1.14 bits per heavy atom. The average molecular weight is 501 g/mol. The number of fused-ring (bicyclic) bond motifs is 1. The maximum Gasteiger partial charge on any atom is 0.417 e. The number of nitrogens with zero attached hydrogens (tertiary/aromatic N) is 2. The summed E-state index contributed by atoms with van der Waals surface area (Å²) in [5, 5.41) is 4.22. The molecular formula is C25H32N4O5S. The van der Waals surface area contributed by atoms with Gasteiger partial charge in [0.25, 0.3) is 5.91 Å². The summed E-state index contributed by atoms with van der Waals surface area (Å²) in [6, 6.07) is 1.77. The zero-order chi connectivity index (χ0) is 25.0. The third-order valence-electron chi connectivity index (χ3n) is 7.92. The van der Waals surface area contributed by atoms with Crippen molar-refractivity contribution in [2.45, 2.75) is 64.8 Å². The van der Waals surface area contributed by atoms with Crippen molar-refractivity contribution >= 4 is 38.9 Å². The van der Waals surface area contributed by atoms with Gasteiger partial charge in [0.05, 0.1) is 5.52 Å². The van der Waals surface area contributed by atoms with Gasteiger partial charge in [-0.3, -0.25) is 14.8 Å². The molecule has 1 saturated heterocycles. The number of aryl methyl sites for hydroxylation is 2. The first kappa shape index (κ1) is 24.0. The smallest absolute Gasteiger partial charge is 0.408 e. The molecule has 0 atom stereocenters. The second-order valence-corrected chi connectivity index (χ2v) is 12.1. The number of hydrogen-bond donors (Lipinski definition) is 2. The van der Waals surface area contributed by atoms with Crippen molar-refractivity contribution in [1.29, 1.82) is 0 Å². The first-order valence-electron chi connectivity index (χ1n) is 12.3. The van der Waals surface area contributed by atoms with Crippen molar-refractivity contribution in [1.82, 2.24) is 14.6 Å². The standard InChI is InChI=1S/C25H32N4O5S/c1-15-4-6-18(7-5-15)22-27-23(30)25(28-22)9-11-29(12-10-25)35(32,33)13-8-19-16(2)14-20-21(17(19)3)34-24(31)26-20/h8,13-15,18H,4-7,9-12H2,1-3H3,(H,26,31)(H,27,28,30)/b13-8+. The number of carbonyl (C=O) groups excluding carboxylic acids is 1. The van der Waals surface area contributed by atoms with Gasteiger partial charge in [-0.15, -0.1) is 0 Å². The molecule has 0 bridgehead atoms. The van der Waals surface area contributed by atoms with Crippen LogP contribution in [-0.2, 0) is 14.8 Å². The number of amides is 1. The highest BCUT2D eigenvalue weighted by Gasteiger charge is 2.48. The molecule has 2 fully saturated rings. The lowest BCUT2D eigenvalue weighted by atomic mass is 9.82. The number of H-pyrrole nitrogens is 1. The molecule has 3 heterocycles. The first-order valence-corrected chi connectivity index (χ1v) is 13.8. The van der Waals surface area contributed by atoms with Crippen LogP contribution >= 0.6 is 0 Å². The van der Waals surface area contributed by atoms with E-state index in [1.54, 1.807) is 19.1 Å². The van der Waals surface area contributed by atoms with Crippen molar-refractivity contribution in [3.05, 3.63) is 38.7 Å². The number of aromatic nitrogens is 1. The second-order valence-electron chi connectivity index (χ2n) is 10.3. The zero-order valence-electron chi connectivity index (χ0n) is 20.4. The molecule has 0 radical (unpaired) electrons. The summed E-state index contributed by atoms with van der Waals surface area (Å²) >= 11 is 0. The normalized spacial score (nSPS) is 25.5. The predicted molar refractivity (Wildman–Crippen MR) is 135 cm³/mol. The number of carbonyl (C=O) groups is 1. The molecule has 3 aliphatic rings. The Bertz CT molecular complexity index is 1380. The molecule has 1 aromatic carbocycles. The summed E-state index contributed by atoms with van der Waals surface area (Å²) in [5.41, 5.74) is 2.39. The monoisotopic (exact) mass is 500 g/mol. The average Bonchev–Trinajstić information content (AvgIpc) is 3.34. The number of rotatable bonds is 4. The Labute approximate surface area is 204 Å². The number of oxazole rings is 1. The van der Waals surface area contributed by atoms with E-state index in [2.05, 4.69) is 17.2 Å². The number of sulfonamides is 1. The number of hydrogen-bond acceptors (Lipinski definition) is 6. The van der Waals surface area contributed by atoms with Gasteiger partial charge in [0.1, 0.15) is 11.4 Å². The van der Waals surface area contributed by atoms with E-state index in [-0.39, 0.29) is 19.0 Å². The van der Waals surface area contributed by atoms with Crippen molar-refractivity contribution in [3.8, 4) is 0 Å². The van der Waals surface area contributed by atoms with Gasteiger partial charge < -0.3 is 9.73 Å². The van der Waals surface area contributed by atoms with Crippen LogP contribution in [-0.4, -0.2) is 48.1 Å². The molecule has 5 rings (SSSR count). The Morgan fingerprint density at radius 2 is 1.83 bits per heavy atom. The molecule has 10 heteroatoms. The fraction of sp³-hybridized carbons (Fsp3) is 0.560. The first-order chi connectivity index (χ1) is 16.6. The fourth-order valence-electron chi connectivity index (χ4n) is 5.65. The number of aliphatic imine (C=N–C) groups is 1. The van der Waals surface area contributed by atoms with Gasteiger partial charge in [-0.2, -0.15) is 4.31 Å². The third-order valence-corrected chi connectivity index (χ3v) is 9.49. The Balaban J connectivity index is 1.30. The van der Waals surface area contributed by atoms with E-state index >= 15 is 0 Å². The van der Waals surface area contributed by atoms with Gasteiger partial charge in [-0.05, 0) is 68.7 Å². The predicted octanol–water partition coefficient (Wildman–Crippen LogP) is 3.23. The molecule has 1 spiro atoms. The van der Waals surface area contributed by atoms with Crippen LogP contribution in [0, 0.1) is 25.7 Å². The van der Waals surface area contributed by atoms with Gasteiger partial charge in [-0.25, -0.2) is 13.2 Å². The lowest BCUT2D eigenvalue weighted by molar-refractivity contribution is -0.124. The number of aromatic amines is 1. The lowest BCUT2D eigenvalue weighted by Gasteiger charge is -2.34. The molecule has 1 aromatic heterocycles. The van der Waals surface area contributed by atoms with E-state index in [1.165, 1.54) is 9.71 Å². The highest BCUT2D eigenvalue weighted by Crippen LogP contribution is 2.36. The highest BCUT2D eigenvalue weighted by atomic mass is 32.2. The second kappa shape index (κ2) is 8.74. The SMILES string of the molecule is Cc1cc2[nH]c(=O)oc2c(C)c1/C=C/S(=O)(=O)N1CCC2(CC1)N=C(C1CCC(C)CC1)NC2=O. The van der Waals surface area contributed by atoms with Gasteiger partial charge in [0.15, 0.2) is 5.58 Å². The summed E-state index contributed by atoms with van der Waals surface area (Å²) in [6.45, 7) is 6.39. The van der Waals surface area contributed by atoms with E-state index in [0.717, 1.165) is 43.0 Å². The zero-order valence-corrected chi connectivity index (χ0v) is 21.2. The fourth-order valence-corrected chi connectivity index (χ4v) is 6.82. The Kier molecular flexibility index (Phi) is 5.99. The van der Waals surface area contributed by atoms with E-state index < -0.39 is 21.3 Å². The number of piperidine rings is 1. The molecule has 35 heavy (non-hydrogen) atoms. The molecular weight excluding hydrogens is 468 g/mol. The highest BCUT2D eigenvalue weighted by molar-refractivity contribution is 7.92. The van der Waals surface area contributed by atoms with Crippen LogP contribution in [0.15, 0.2) is 25.7 Å². The summed E-state index contributed by atoms with van der Waals surface area (Å²) in [5.74, 6) is 1.18. The van der Waals surface area contributed by atoms with Crippen LogP contribution < -0.4 is 11.1 Å². The number of amidine groups is 1. The minimum Gasteiger partial charge on any atom is -0.408 e. The maximum absolute atomic E-state index is 13.1. The molecule has 2 aliphatic heterocycles. The summed E-state index contributed by atoms with van der Waals surface area (Å²) < 4.78 is 32.8. The number of benzene rings is 1. The molecule has 1 aliphatic carbocycles. The van der Waals surface area contributed by atoms with Crippen molar-refractivity contribution in [2.24, 2.45) is 16.8 Å². The third kappa shape index (κ3) is 4.38. The summed E-state index contributed by atoms with van der Waals surface area (Å²) in [4.78, 5) is 31.9. The number of nitrogens with one attached hydrogen (secondary N) is 2. The minimum atomic E-state index is -3.69. The van der Waals surface area contributed by atoms with Crippen LogP contribution in [0.4, 0.5) is 0 Å². The van der Waals surface area contributed by atoms with Gasteiger partial charge in [0.2, 0.25) is 10.0 Å². The topological polar surface area (TPSA) is 125 Å². The summed E-state index contributed by atoms with van der Waals surface area (Å²) in [7, 11) is -3.69. The van der Waals surface area contributed by atoms with Crippen molar-refractivity contribution in [2.75, 3.05) is 13.1 Å². The van der Waals surface area contributed by atoms with Gasteiger partial charge in [0, 0.05) is 30.0 Å². The van der Waals surface area contributed by atoms with E-state index in [1.807, 2.05) is 6.92 Å². The Morgan fingerprint density at radius 3 is 2.51 bits per heavy atom. The molecule has 1 amide bonds. The van der Waals surface area contributed by atoms with Crippen LogP contribution in [0.2, 0.25) is 0 Å². The van der Waals surface area contributed by atoms with Gasteiger partial charge >= 0.3 is 5.76 Å². The molecule has 188 valence electrons.